The van der Waals surface area contributed by atoms with Crippen molar-refractivity contribution in [2.24, 2.45) is 0 Å². The number of amides is 1. The first kappa shape index (κ1) is 17.5. The SMILES string of the molecule is O=C(C1CCS(=O)(=O)c2ccccc21)N1CCCc2ccc(Cl)c(F)c21. The van der Waals surface area contributed by atoms with E-state index in [1.54, 1.807) is 24.3 Å². The van der Waals surface area contributed by atoms with E-state index in [2.05, 4.69) is 0 Å². The third-order valence-electron chi connectivity index (χ3n) is 5.12. The molecule has 2 heterocycles. The monoisotopic (exact) mass is 393 g/mol. The second-order valence-electron chi connectivity index (χ2n) is 6.66. The van der Waals surface area contributed by atoms with E-state index in [0.717, 1.165) is 12.0 Å². The molecular weight excluding hydrogens is 377 g/mol. The van der Waals surface area contributed by atoms with Gasteiger partial charge in [-0.05, 0) is 42.5 Å². The first-order chi connectivity index (χ1) is 12.4. The normalized spacial score (nSPS) is 21.0. The Hall–Kier alpha value is -1.92. The van der Waals surface area contributed by atoms with Gasteiger partial charge in [-0.15, -0.1) is 0 Å². The van der Waals surface area contributed by atoms with Crippen LogP contribution in [0.25, 0.3) is 0 Å². The average Bonchev–Trinajstić information content (AvgIpc) is 2.64. The van der Waals surface area contributed by atoms with Gasteiger partial charge in [0, 0.05) is 6.54 Å². The Morgan fingerprint density at radius 2 is 1.96 bits per heavy atom. The summed E-state index contributed by atoms with van der Waals surface area (Å²) in [6.45, 7) is 0.397. The molecular formula is C19H17ClFNO3S. The van der Waals surface area contributed by atoms with Gasteiger partial charge in [-0.3, -0.25) is 4.79 Å². The van der Waals surface area contributed by atoms with Crippen LogP contribution in [0.1, 0.15) is 29.9 Å². The summed E-state index contributed by atoms with van der Waals surface area (Å²) in [5, 5.41) is -0.0185. The smallest absolute Gasteiger partial charge is 0.234 e. The predicted molar refractivity (Wildman–Crippen MR) is 97.9 cm³/mol. The number of anilines is 1. The van der Waals surface area contributed by atoms with Gasteiger partial charge in [-0.25, -0.2) is 12.8 Å². The van der Waals surface area contributed by atoms with Gasteiger partial charge in [-0.1, -0.05) is 35.9 Å². The Morgan fingerprint density at radius 1 is 1.19 bits per heavy atom. The molecule has 1 unspecified atom stereocenters. The second kappa shape index (κ2) is 6.35. The number of fused-ring (bicyclic) bond motifs is 2. The summed E-state index contributed by atoms with van der Waals surface area (Å²) >= 11 is 5.93. The maximum Gasteiger partial charge on any atom is 0.234 e. The predicted octanol–water partition coefficient (Wildman–Crippen LogP) is 3.72. The summed E-state index contributed by atoms with van der Waals surface area (Å²) < 4.78 is 39.3. The highest BCUT2D eigenvalue weighted by Gasteiger charge is 2.38. The number of carbonyl (C=O) groups is 1. The van der Waals surface area contributed by atoms with E-state index in [0.29, 0.717) is 18.5 Å². The van der Waals surface area contributed by atoms with Crippen LogP contribution >= 0.6 is 11.6 Å². The topological polar surface area (TPSA) is 54.5 Å². The first-order valence-electron chi connectivity index (χ1n) is 8.50. The quantitative estimate of drug-likeness (QED) is 0.742. The van der Waals surface area contributed by atoms with E-state index in [1.165, 1.54) is 17.0 Å². The van der Waals surface area contributed by atoms with Crippen LogP contribution in [0.5, 0.6) is 0 Å². The van der Waals surface area contributed by atoms with Crippen LogP contribution in [0.3, 0.4) is 0 Å². The third-order valence-corrected chi connectivity index (χ3v) is 7.23. The molecule has 2 aliphatic heterocycles. The van der Waals surface area contributed by atoms with Gasteiger partial charge < -0.3 is 4.90 Å². The zero-order chi connectivity index (χ0) is 18.5. The molecule has 1 amide bonds. The molecule has 0 aliphatic carbocycles. The van der Waals surface area contributed by atoms with Crippen molar-refractivity contribution in [2.45, 2.75) is 30.1 Å². The van der Waals surface area contributed by atoms with Gasteiger partial charge in [0.15, 0.2) is 15.7 Å². The van der Waals surface area contributed by atoms with Crippen molar-refractivity contribution in [3.63, 3.8) is 0 Å². The molecule has 0 saturated carbocycles. The molecule has 2 aromatic carbocycles. The number of benzene rings is 2. The van der Waals surface area contributed by atoms with Crippen LogP contribution in [0.2, 0.25) is 5.02 Å². The van der Waals surface area contributed by atoms with Gasteiger partial charge in [0.25, 0.3) is 0 Å². The Morgan fingerprint density at radius 3 is 2.77 bits per heavy atom. The zero-order valence-corrected chi connectivity index (χ0v) is 15.5. The number of nitrogens with zero attached hydrogens (tertiary/aromatic N) is 1. The molecule has 0 aromatic heterocycles. The standard InChI is InChI=1S/C19H17ClFNO3S/c20-15-8-7-12-4-3-10-22(18(12)17(15)21)19(23)14-9-11-26(24,25)16-6-2-1-5-13(14)16/h1-2,5-8,14H,3-4,9-11H2. The summed E-state index contributed by atoms with van der Waals surface area (Å²) in [4.78, 5) is 14.9. The summed E-state index contributed by atoms with van der Waals surface area (Å²) in [5.74, 6) is -1.54. The molecule has 0 spiro atoms. The van der Waals surface area contributed by atoms with Crippen molar-refractivity contribution in [2.75, 3.05) is 17.2 Å². The van der Waals surface area contributed by atoms with Crippen molar-refractivity contribution < 1.29 is 17.6 Å². The fraction of sp³-hybridized carbons (Fsp3) is 0.316. The van der Waals surface area contributed by atoms with Gasteiger partial charge in [-0.2, -0.15) is 0 Å². The van der Waals surface area contributed by atoms with E-state index in [-0.39, 0.29) is 33.7 Å². The van der Waals surface area contributed by atoms with Crippen LogP contribution in [0.4, 0.5) is 10.1 Å². The summed E-state index contributed by atoms with van der Waals surface area (Å²) in [6, 6.07) is 9.84. The molecule has 2 aliphatic rings. The minimum Gasteiger partial charge on any atom is -0.309 e. The van der Waals surface area contributed by atoms with E-state index >= 15 is 0 Å². The molecule has 0 radical (unpaired) electrons. The number of sulfone groups is 1. The van der Waals surface area contributed by atoms with E-state index in [9.17, 15) is 17.6 Å². The Kier molecular flexibility index (Phi) is 4.28. The summed E-state index contributed by atoms with van der Waals surface area (Å²) in [6.07, 6.45) is 1.61. The molecule has 2 aromatic rings. The molecule has 4 nitrogen and oxygen atoms in total. The van der Waals surface area contributed by atoms with Crippen LogP contribution in [0, 0.1) is 5.82 Å². The largest absolute Gasteiger partial charge is 0.309 e. The van der Waals surface area contributed by atoms with Gasteiger partial charge in [0.2, 0.25) is 5.91 Å². The second-order valence-corrected chi connectivity index (χ2v) is 9.15. The Bertz CT molecular complexity index is 1010. The molecule has 0 N–H and O–H groups in total. The summed E-state index contributed by atoms with van der Waals surface area (Å²) in [7, 11) is -3.38. The van der Waals surface area contributed by atoms with E-state index < -0.39 is 21.6 Å². The number of carbonyl (C=O) groups excluding carboxylic acids is 1. The maximum absolute atomic E-state index is 14.7. The fourth-order valence-corrected chi connectivity index (χ4v) is 5.64. The molecule has 136 valence electrons. The van der Waals surface area contributed by atoms with Gasteiger partial charge in [0.05, 0.1) is 27.3 Å². The Labute approximate surface area is 156 Å². The highest BCUT2D eigenvalue weighted by Crippen LogP contribution is 2.39. The summed E-state index contributed by atoms with van der Waals surface area (Å²) in [5.41, 5.74) is 1.49. The van der Waals surface area contributed by atoms with Crippen molar-refractivity contribution in [1.29, 1.82) is 0 Å². The maximum atomic E-state index is 14.7. The number of hydrogen-bond donors (Lipinski definition) is 0. The van der Waals surface area contributed by atoms with E-state index in [1.807, 2.05) is 0 Å². The number of aryl methyl sites for hydroxylation is 1. The third kappa shape index (κ3) is 2.72. The fourth-order valence-electron chi connectivity index (χ4n) is 3.87. The highest BCUT2D eigenvalue weighted by atomic mass is 35.5. The number of rotatable bonds is 1. The van der Waals surface area contributed by atoms with Gasteiger partial charge >= 0.3 is 0 Å². The molecule has 4 rings (SSSR count). The minimum atomic E-state index is -3.38. The van der Waals surface area contributed by atoms with Crippen molar-refractivity contribution >= 4 is 33.0 Å². The van der Waals surface area contributed by atoms with Crippen LogP contribution < -0.4 is 4.90 Å². The lowest BCUT2D eigenvalue weighted by molar-refractivity contribution is -0.120. The number of hydrogen-bond acceptors (Lipinski definition) is 3. The molecule has 26 heavy (non-hydrogen) atoms. The molecule has 1 atom stereocenters. The molecule has 0 fully saturated rings. The lowest BCUT2D eigenvalue weighted by Gasteiger charge is -2.34. The van der Waals surface area contributed by atoms with Crippen LogP contribution in [-0.4, -0.2) is 26.6 Å². The molecule has 7 heteroatoms. The highest BCUT2D eigenvalue weighted by molar-refractivity contribution is 7.91. The van der Waals surface area contributed by atoms with Crippen molar-refractivity contribution in [1.82, 2.24) is 0 Å². The molecule has 0 saturated heterocycles. The molecule has 0 bridgehead atoms. The minimum absolute atomic E-state index is 0.0185. The van der Waals surface area contributed by atoms with Crippen LogP contribution in [-0.2, 0) is 21.1 Å². The first-order valence-corrected chi connectivity index (χ1v) is 10.5. The van der Waals surface area contributed by atoms with E-state index in [4.69, 9.17) is 11.6 Å². The lowest BCUT2D eigenvalue weighted by Crippen LogP contribution is -2.41. The zero-order valence-electron chi connectivity index (χ0n) is 13.9. The van der Waals surface area contributed by atoms with Gasteiger partial charge in [0.1, 0.15) is 0 Å². The average molecular weight is 394 g/mol. The lowest BCUT2D eigenvalue weighted by atomic mass is 9.92. The Balaban J connectivity index is 1.78. The van der Waals surface area contributed by atoms with Crippen molar-refractivity contribution in [3.05, 3.63) is 58.4 Å². The van der Waals surface area contributed by atoms with Crippen LogP contribution in [0.15, 0.2) is 41.3 Å². The number of halogens is 2. The van der Waals surface area contributed by atoms with Crippen molar-refractivity contribution in [3.8, 4) is 0 Å².